The molecular weight excluding hydrogens is 278 g/mol. The molecule has 1 amide bonds. The van der Waals surface area contributed by atoms with Crippen LogP contribution < -0.4 is 5.32 Å². The largest absolute Gasteiger partial charge is 0.394 e. The molecule has 7 heteroatoms. The lowest BCUT2D eigenvalue weighted by atomic mass is 9.96. The van der Waals surface area contributed by atoms with Crippen molar-refractivity contribution in [2.45, 2.75) is 75.4 Å². The number of hydrogen-bond donors (Lipinski definition) is 6. The summed E-state index contributed by atoms with van der Waals surface area (Å²) in [5, 5.41) is 49.5. The number of hydrogen-bond acceptors (Lipinski definition) is 6. The van der Waals surface area contributed by atoms with Crippen molar-refractivity contribution < 1.29 is 30.3 Å². The molecule has 1 saturated carbocycles. The van der Waals surface area contributed by atoms with Crippen LogP contribution in [0, 0.1) is 0 Å². The molecular formula is C14H27NO6. The van der Waals surface area contributed by atoms with Gasteiger partial charge in [-0.2, -0.15) is 0 Å². The van der Waals surface area contributed by atoms with Gasteiger partial charge in [-0.15, -0.1) is 0 Å². The standard InChI is InChI=1S/C14H27NO6/c16-8-10(17)11(18)12(19)13(20)14(21)15-9-6-4-2-1-3-5-7-9/h9-13,16-20H,1-8H2,(H,15,21)/t10-,11-,12+,13-/m1/s1. The number of amides is 1. The second-order valence-electron chi connectivity index (χ2n) is 5.73. The van der Waals surface area contributed by atoms with Crippen LogP contribution in [0.4, 0.5) is 0 Å². The van der Waals surface area contributed by atoms with Crippen LogP contribution in [0.2, 0.25) is 0 Å². The first kappa shape index (κ1) is 18.3. The first-order valence-corrected chi connectivity index (χ1v) is 7.61. The highest BCUT2D eigenvalue weighted by Crippen LogP contribution is 2.17. The van der Waals surface area contributed by atoms with E-state index >= 15 is 0 Å². The number of nitrogens with one attached hydrogen (secondary N) is 1. The van der Waals surface area contributed by atoms with Gasteiger partial charge in [0.25, 0.3) is 5.91 Å². The summed E-state index contributed by atoms with van der Waals surface area (Å²) >= 11 is 0. The zero-order valence-electron chi connectivity index (χ0n) is 12.2. The maximum Gasteiger partial charge on any atom is 0.251 e. The van der Waals surface area contributed by atoms with E-state index < -0.39 is 36.9 Å². The Morgan fingerprint density at radius 1 is 0.952 bits per heavy atom. The Kier molecular flexibility index (Phi) is 8.13. The van der Waals surface area contributed by atoms with Crippen molar-refractivity contribution in [2.24, 2.45) is 0 Å². The van der Waals surface area contributed by atoms with Gasteiger partial charge < -0.3 is 30.8 Å². The van der Waals surface area contributed by atoms with Crippen LogP contribution in [0.15, 0.2) is 0 Å². The SMILES string of the molecule is O=C(NC1CCCCCCC1)[C@H](O)[C@@H](O)[C@H](O)[C@H](O)CO. The lowest BCUT2D eigenvalue weighted by molar-refractivity contribution is -0.149. The fraction of sp³-hybridized carbons (Fsp3) is 0.929. The zero-order valence-corrected chi connectivity index (χ0v) is 12.2. The van der Waals surface area contributed by atoms with Crippen LogP contribution in [0.25, 0.3) is 0 Å². The highest BCUT2D eigenvalue weighted by molar-refractivity contribution is 5.81. The van der Waals surface area contributed by atoms with Crippen molar-refractivity contribution in [2.75, 3.05) is 6.61 Å². The summed E-state index contributed by atoms with van der Waals surface area (Å²) in [5.74, 6) is -0.766. The third-order valence-corrected chi connectivity index (χ3v) is 3.97. The third-order valence-electron chi connectivity index (χ3n) is 3.97. The summed E-state index contributed by atoms with van der Waals surface area (Å²) in [6.45, 7) is -0.769. The molecule has 0 spiro atoms. The maximum atomic E-state index is 11.9. The van der Waals surface area contributed by atoms with E-state index in [1.165, 1.54) is 6.42 Å². The van der Waals surface area contributed by atoms with Gasteiger partial charge in [-0.1, -0.05) is 32.1 Å². The van der Waals surface area contributed by atoms with Gasteiger partial charge in [-0.05, 0) is 12.8 Å². The molecule has 0 aromatic heterocycles. The minimum atomic E-state index is -1.85. The van der Waals surface area contributed by atoms with E-state index in [0.717, 1.165) is 38.5 Å². The molecule has 1 aliphatic rings. The van der Waals surface area contributed by atoms with Crippen molar-refractivity contribution in [3.05, 3.63) is 0 Å². The second kappa shape index (κ2) is 9.32. The van der Waals surface area contributed by atoms with E-state index in [9.17, 15) is 25.2 Å². The summed E-state index contributed by atoms with van der Waals surface area (Å²) in [6.07, 6.45) is 0.0484. The fourth-order valence-electron chi connectivity index (χ4n) is 2.56. The molecule has 1 rings (SSSR count). The van der Waals surface area contributed by atoms with Crippen LogP contribution in [0.1, 0.15) is 44.9 Å². The number of carbonyl (C=O) groups is 1. The molecule has 0 saturated heterocycles. The monoisotopic (exact) mass is 305 g/mol. The highest BCUT2D eigenvalue weighted by Gasteiger charge is 2.34. The normalized spacial score (nSPS) is 23.5. The molecule has 124 valence electrons. The summed E-state index contributed by atoms with van der Waals surface area (Å²) in [7, 11) is 0. The predicted molar refractivity (Wildman–Crippen MR) is 75.4 cm³/mol. The summed E-state index contributed by atoms with van der Waals surface area (Å²) < 4.78 is 0. The number of carbonyl (C=O) groups excluding carboxylic acids is 1. The van der Waals surface area contributed by atoms with E-state index in [-0.39, 0.29) is 6.04 Å². The Bertz CT molecular complexity index is 306. The molecule has 0 radical (unpaired) electrons. The summed E-state index contributed by atoms with van der Waals surface area (Å²) in [4.78, 5) is 11.9. The second-order valence-corrected chi connectivity index (χ2v) is 5.73. The lowest BCUT2D eigenvalue weighted by Crippen LogP contribution is -2.53. The topological polar surface area (TPSA) is 130 Å². The molecule has 21 heavy (non-hydrogen) atoms. The highest BCUT2D eigenvalue weighted by atomic mass is 16.4. The van der Waals surface area contributed by atoms with Crippen LogP contribution in [0.5, 0.6) is 0 Å². The molecule has 0 heterocycles. The van der Waals surface area contributed by atoms with E-state index in [2.05, 4.69) is 5.32 Å². The van der Waals surface area contributed by atoms with Gasteiger partial charge in [-0.25, -0.2) is 0 Å². The quantitative estimate of drug-likeness (QED) is 0.360. The van der Waals surface area contributed by atoms with Crippen molar-refractivity contribution in [1.29, 1.82) is 0 Å². The van der Waals surface area contributed by atoms with Gasteiger partial charge in [0.15, 0.2) is 6.10 Å². The Hall–Kier alpha value is -0.730. The van der Waals surface area contributed by atoms with E-state index in [4.69, 9.17) is 5.11 Å². The van der Waals surface area contributed by atoms with Crippen LogP contribution >= 0.6 is 0 Å². The van der Waals surface area contributed by atoms with E-state index in [0.29, 0.717) is 0 Å². The summed E-state index contributed by atoms with van der Waals surface area (Å²) in [5.41, 5.74) is 0. The van der Waals surface area contributed by atoms with Crippen molar-refractivity contribution >= 4 is 5.91 Å². The molecule has 1 aliphatic carbocycles. The van der Waals surface area contributed by atoms with Gasteiger partial charge in [-0.3, -0.25) is 4.79 Å². The third kappa shape index (κ3) is 5.88. The predicted octanol–water partition coefficient (Wildman–Crippen LogP) is -1.35. The Morgan fingerprint density at radius 2 is 1.48 bits per heavy atom. The summed E-state index contributed by atoms with van der Waals surface area (Å²) in [6, 6.07) is -0.0421. The molecule has 0 aliphatic heterocycles. The number of aliphatic hydroxyl groups excluding tert-OH is 5. The molecule has 0 aromatic rings. The van der Waals surface area contributed by atoms with E-state index in [1.807, 2.05) is 0 Å². The van der Waals surface area contributed by atoms with Gasteiger partial charge in [0.1, 0.15) is 18.3 Å². The van der Waals surface area contributed by atoms with Crippen LogP contribution in [-0.4, -0.2) is 68.5 Å². The maximum absolute atomic E-state index is 11.9. The van der Waals surface area contributed by atoms with Crippen molar-refractivity contribution in [3.63, 3.8) is 0 Å². The molecule has 4 atom stereocenters. The minimum Gasteiger partial charge on any atom is -0.394 e. The van der Waals surface area contributed by atoms with E-state index in [1.54, 1.807) is 0 Å². The fourth-order valence-corrected chi connectivity index (χ4v) is 2.56. The molecule has 0 bridgehead atoms. The average molecular weight is 305 g/mol. The Balaban J connectivity index is 2.48. The minimum absolute atomic E-state index is 0.0421. The lowest BCUT2D eigenvalue weighted by Gasteiger charge is -2.27. The first-order chi connectivity index (χ1) is 9.97. The van der Waals surface area contributed by atoms with Gasteiger partial charge in [0.05, 0.1) is 6.61 Å². The Morgan fingerprint density at radius 3 is 2.00 bits per heavy atom. The first-order valence-electron chi connectivity index (χ1n) is 7.61. The zero-order chi connectivity index (χ0) is 15.8. The molecule has 0 aromatic carbocycles. The molecule has 0 unspecified atom stereocenters. The van der Waals surface area contributed by atoms with Gasteiger partial charge in [0.2, 0.25) is 0 Å². The van der Waals surface area contributed by atoms with Crippen LogP contribution in [-0.2, 0) is 4.79 Å². The smallest absolute Gasteiger partial charge is 0.251 e. The average Bonchev–Trinajstić information content (AvgIpc) is 2.46. The Labute approximate surface area is 124 Å². The van der Waals surface area contributed by atoms with Crippen LogP contribution in [0.3, 0.4) is 0 Å². The number of aliphatic hydroxyl groups is 5. The number of rotatable bonds is 6. The van der Waals surface area contributed by atoms with Crippen molar-refractivity contribution in [3.8, 4) is 0 Å². The molecule has 1 fully saturated rings. The van der Waals surface area contributed by atoms with Gasteiger partial charge in [0, 0.05) is 6.04 Å². The van der Waals surface area contributed by atoms with Crippen molar-refractivity contribution in [1.82, 2.24) is 5.32 Å². The molecule has 6 N–H and O–H groups in total. The van der Waals surface area contributed by atoms with Gasteiger partial charge >= 0.3 is 0 Å². The molecule has 7 nitrogen and oxygen atoms in total.